The van der Waals surface area contributed by atoms with E-state index >= 15 is 0 Å². The number of halogens is 1. The Kier molecular flexibility index (Phi) is 6.91. The normalized spacial score (nSPS) is 13.9. The Morgan fingerprint density at radius 1 is 1.18 bits per heavy atom. The SMILES string of the molecule is Cc1ccc(Cl)cc1-n1c(SCc2nc(C(=O)N3CCOCC3)cs2)nnc1-c1ccncc1. The maximum absolute atomic E-state index is 12.7. The molecule has 0 spiro atoms. The van der Waals surface area contributed by atoms with Crippen molar-refractivity contribution in [3.8, 4) is 17.1 Å². The minimum Gasteiger partial charge on any atom is -0.378 e. The zero-order chi connectivity index (χ0) is 23.5. The number of carbonyl (C=O) groups excluding carboxylic acids is 1. The number of aromatic nitrogens is 5. The van der Waals surface area contributed by atoms with Crippen LogP contribution in [0.1, 0.15) is 21.1 Å². The molecule has 3 aromatic heterocycles. The number of thioether (sulfide) groups is 1. The number of pyridine rings is 1. The second-order valence-electron chi connectivity index (χ2n) is 7.63. The van der Waals surface area contributed by atoms with Gasteiger partial charge in [0.2, 0.25) is 0 Å². The predicted molar refractivity (Wildman–Crippen MR) is 133 cm³/mol. The van der Waals surface area contributed by atoms with Crippen LogP contribution in [0.4, 0.5) is 0 Å². The molecule has 11 heteroatoms. The van der Waals surface area contributed by atoms with Gasteiger partial charge in [-0.1, -0.05) is 29.4 Å². The average Bonchev–Trinajstić information content (AvgIpc) is 3.52. The summed E-state index contributed by atoms with van der Waals surface area (Å²) in [7, 11) is 0. The van der Waals surface area contributed by atoms with Crippen LogP contribution in [0.25, 0.3) is 17.1 Å². The second-order valence-corrected chi connectivity index (χ2v) is 9.95. The standard InChI is InChI=1S/C23H21ClN6O2S2/c1-15-2-3-17(24)12-19(15)30-21(16-4-6-25-7-5-16)27-28-23(30)34-14-20-26-18(13-33-20)22(31)29-8-10-32-11-9-29/h2-7,12-13H,8-11,14H2,1H3. The molecule has 174 valence electrons. The van der Waals surface area contributed by atoms with Gasteiger partial charge in [0.15, 0.2) is 11.0 Å². The highest BCUT2D eigenvalue weighted by atomic mass is 35.5. The van der Waals surface area contributed by atoms with Gasteiger partial charge in [-0.25, -0.2) is 4.98 Å². The third-order valence-corrected chi connectivity index (χ3v) is 7.58. The van der Waals surface area contributed by atoms with Crippen molar-refractivity contribution in [2.75, 3.05) is 26.3 Å². The first kappa shape index (κ1) is 23.0. The number of nitrogens with zero attached hydrogens (tertiary/aromatic N) is 6. The zero-order valence-corrected chi connectivity index (χ0v) is 20.7. The quantitative estimate of drug-likeness (QED) is 0.351. The van der Waals surface area contributed by atoms with Gasteiger partial charge >= 0.3 is 0 Å². The Hall–Kier alpha value is -2.79. The van der Waals surface area contributed by atoms with E-state index in [0.717, 1.165) is 21.8 Å². The topological polar surface area (TPSA) is 86.0 Å². The number of hydrogen-bond donors (Lipinski definition) is 0. The molecule has 4 aromatic rings. The molecule has 1 fully saturated rings. The molecule has 5 rings (SSSR count). The number of carbonyl (C=O) groups is 1. The van der Waals surface area contributed by atoms with Crippen LogP contribution in [0, 0.1) is 6.92 Å². The van der Waals surface area contributed by atoms with Crippen LogP contribution in [0.2, 0.25) is 5.02 Å². The summed E-state index contributed by atoms with van der Waals surface area (Å²) in [6.07, 6.45) is 3.46. The van der Waals surface area contributed by atoms with E-state index in [9.17, 15) is 4.79 Å². The Balaban J connectivity index is 1.41. The van der Waals surface area contributed by atoms with Gasteiger partial charge in [-0.15, -0.1) is 21.5 Å². The third-order valence-electron chi connectivity index (χ3n) is 5.38. The van der Waals surface area contributed by atoms with Crippen molar-refractivity contribution in [2.45, 2.75) is 17.8 Å². The van der Waals surface area contributed by atoms with Gasteiger partial charge in [0.25, 0.3) is 5.91 Å². The molecule has 0 unspecified atom stereocenters. The zero-order valence-electron chi connectivity index (χ0n) is 18.3. The van der Waals surface area contributed by atoms with Crippen LogP contribution in [-0.4, -0.2) is 61.8 Å². The lowest BCUT2D eigenvalue weighted by Crippen LogP contribution is -2.40. The molecular formula is C23H21ClN6O2S2. The van der Waals surface area contributed by atoms with Crippen molar-refractivity contribution in [1.82, 2.24) is 29.6 Å². The molecule has 1 aliphatic heterocycles. The van der Waals surface area contributed by atoms with Gasteiger partial charge in [-0.2, -0.15) is 0 Å². The van der Waals surface area contributed by atoms with Crippen LogP contribution in [0.5, 0.6) is 0 Å². The lowest BCUT2D eigenvalue weighted by Gasteiger charge is -2.25. The van der Waals surface area contributed by atoms with E-state index in [1.165, 1.54) is 23.1 Å². The number of ether oxygens (including phenoxy) is 1. The van der Waals surface area contributed by atoms with Crippen molar-refractivity contribution < 1.29 is 9.53 Å². The molecule has 4 heterocycles. The van der Waals surface area contributed by atoms with Gasteiger partial charge in [-0.05, 0) is 36.8 Å². The Bertz CT molecular complexity index is 1300. The van der Waals surface area contributed by atoms with Gasteiger partial charge in [-0.3, -0.25) is 14.3 Å². The summed E-state index contributed by atoms with van der Waals surface area (Å²) < 4.78 is 7.34. The second kappa shape index (κ2) is 10.2. The number of benzene rings is 1. The van der Waals surface area contributed by atoms with E-state index in [1.54, 1.807) is 17.3 Å². The number of morpholine rings is 1. The van der Waals surface area contributed by atoms with Crippen LogP contribution in [0.15, 0.2) is 53.3 Å². The van der Waals surface area contributed by atoms with Crippen LogP contribution in [-0.2, 0) is 10.5 Å². The Morgan fingerprint density at radius 3 is 2.76 bits per heavy atom. The lowest BCUT2D eigenvalue weighted by molar-refractivity contribution is 0.0299. The Labute approximate surface area is 210 Å². The molecule has 0 aliphatic carbocycles. The first-order valence-electron chi connectivity index (χ1n) is 10.7. The minimum absolute atomic E-state index is 0.0477. The predicted octanol–water partition coefficient (Wildman–Crippen LogP) is 4.51. The summed E-state index contributed by atoms with van der Waals surface area (Å²) in [6.45, 7) is 4.36. The van der Waals surface area contributed by atoms with E-state index in [0.29, 0.717) is 53.8 Å². The van der Waals surface area contributed by atoms with Crippen molar-refractivity contribution >= 4 is 40.6 Å². The summed E-state index contributed by atoms with van der Waals surface area (Å²) in [6, 6.07) is 9.56. The van der Waals surface area contributed by atoms with E-state index in [4.69, 9.17) is 16.3 Å². The van der Waals surface area contributed by atoms with Gasteiger partial charge in [0, 0.05) is 41.4 Å². The number of hydrogen-bond acceptors (Lipinski definition) is 8. The van der Waals surface area contributed by atoms with E-state index in [1.807, 2.05) is 47.2 Å². The summed E-state index contributed by atoms with van der Waals surface area (Å²) in [4.78, 5) is 23.2. The lowest BCUT2D eigenvalue weighted by atomic mass is 10.2. The van der Waals surface area contributed by atoms with Crippen LogP contribution < -0.4 is 0 Å². The van der Waals surface area contributed by atoms with Crippen LogP contribution in [0.3, 0.4) is 0 Å². The highest BCUT2D eigenvalue weighted by molar-refractivity contribution is 7.98. The monoisotopic (exact) mass is 512 g/mol. The average molecular weight is 513 g/mol. The first-order valence-corrected chi connectivity index (χ1v) is 12.9. The molecule has 1 saturated heterocycles. The van der Waals surface area contributed by atoms with Crippen molar-refractivity contribution in [1.29, 1.82) is 0 Å². The van der Waals surface area contributed by atoms with E-state index in [2.05, 4.69) is 20.2 Å². The molecule has 0 N–H and O–H groups in total. The highest BCUT2D eigenvalue weighted by Gasteiger charge is 2.22. The maximum Gasteiger partial charge on any atom is 0.273 e. The molecule has 0 atom stereocenters. The van der Waals surface area contributed by atoms with Crippen molar-refractivity contribution in [3.05, 3.63) is 69.4 Å². The van der Waals surface area contributed by atoms with E-state index in [-0.39, 0.29) is 5.91 Å². The highest BCUT2D eigenvalue weighted by Crippen LogP contribution is 2.32. The maximum atomic E-state index is 12.7. The van der Waals surface area contributed by atoms with Crippen molar-refractivity contribution in [3.63, 3.8) is 0 Å². The van der Waals surface area contributed by atoms with Crippen LogP contribution >= 0.6 is 34.7 Å². The number of aryl methyl sites for hydroxylation is 1. The number of rotatable bonds is 6. The molecular weight excluding hydrogens is 492 g/mol. The summed E-state index contributed by atoms with van der Waals surface area (Å²) in [5, 5.41) is 13.0. The molecule has 0 radical (unpaired) electrons. The largest absolute Gasteiger partial charge is 0.378 e. The minimum atomic E-state index is -0.0477. The first-order chi connectivity index (χ1) is 16.6. The molecule has 0 bridgehead atoms. The van der Waals surface area contributed by atoms with Gasteiger partial charge < -0.3 is 9.64 Å². The van der Waals surface area contributed by atoms with Gasteiger partial charge in [0.05, 0.1) is 24.7 Å². The molecule has 8 nitrogen and oxygen atoms in total. The number of thiazole rings is 1. The fraction of sp³-hybridized carbons (Fsp3) is 0.261. The van der Waals surface area contributed by atoms with Gasteiger partial charge in [0.1, 0.15) is 10.7 Å². The molecule has 1 aromatic carbocycles. The smallest absolute Gasteiger partial charge is 0.273 e. The summed E-state index contributed by atoms with van der Waals surface area (Å²) in [5.41, 5.74) is 3.34. The fourth-order valence-electron chi connectivity index (χ4n) is 3.62. The summed E-state index contributed by atoms with van der Waals surface area (Å²) >= 11 is 9.32. The molecule has 34 heavy (non-hydrogen) atoms. The van der Waals surface area contributed by atoms with Crippen molar-refractivity contribution in [2.24, 2.45) is 0 Å². The summed E-state index contributed by atoms with van der Waals surface area (Å²) in [5.74, 6) is 1.22. The molecule has 1 aliphatic rings. The molecule has 1 amide bonds. The van der Waals surface area contributed by atoms with E-state index < -0.39 is 0 Å². The molecule has 0 saturated carbocycles. The third kappa shape index (κ3) is 4.85. The fourth-order valence-corrected chi connectivity index (χ4v) is 5.52. The Morgan fingerprint density at radius 2 is 1.97 bits per heavy atom. The number of amides is 1.